The normalized spacial score (nSPS) is 17.8. The summed E-state index contributed by atoms with van der Waals surface area (Å²) in [7, 11) is 1.69. The van der Waals surface area contributed by atoms with Crippen LogP contribution in [0.2, 0.25) is 0 Å². The summed E-state index contributed by atoms with van der Waals surface area (Å²) in [5.41, 5.74) is 0.394. The molecule has 0 saturated carbocycles. The summed E-state index contributed by atoms with van der Waals surface area (Å²) in [4.78, 5) is 13.4. The Bertz CT molecular complexity index is 857. The Labute approximate surface area is 160 Å². The highest BCUT2D eigenvalue weighted by atomic mass is 32.2. The molecule has 2 aromatic rings. The number of nitrogens with one attached hydrogen (secondary N) is 2. The lowest BCUT2D eigenvalue weighted by Crippen LogP contribution is -2.43. The number of benzene rings is 1. The molecule has 146 valence electrons. The van der Waals surface area contributed by atoms with E-state index in [0.717, 1.165) is 12.1 Å². The number of rotatable bonds is 4. The van der Waals surface area contributed by atoms with Crippen LogP contribution in [0.5, 0.6) is 5.75 Å². The number of aromatic nitrogens is 1. The fourth-order valence-corrected chi connectivity index (χ4v) is 3.74. The fraction of sp³-hybridized carbons (Fsp3) is 0.389. The Morgan fingerprint density at radius 3 is 2.81 bits per heavy atom. The minimum atomic E-state index is -1.04. The maximum Gasteiger partial charge on any atom is 0.276 e. The van der Waals surface area contributed by atoms with Crippen LogP contribution in [-0.4, -0.2) is 34.3 Å². The summed E-state index contributed by atoms with van der Waals surface area (Å²) in [6.07, 6.45) is 1.13. The van der Waals surface area contributed by atoms with E-state index in [2.05, 4.69) is 10.0 Å². The van der Waals surface area contributed by atoms with Gasteiger partial charge in [-0.05, 0) is 30.0 Å². The Balaban J connectivity index is 1.81. The van der Waals surface area contributed by atoms with E-state index in [0.29, 0.717) is 10.6 Å². The molecule has 1 aromatic carbocycles. The van der Waals surface area contributed by atoms with Crippen LogP contribution in [0.4, 0.5) is 14.5 Å². The molecule has 1 aromatic heterocycles. The zero-order valence-corrected chi connectivity index (χ0v) is 15.9. The Morgan fingerprint density at radius 1 is 1.41 bits per heavy atom. The molecule has 0 aliphatic carbocycles. The van der Waals surface area contributed by atoms with Crippen LogP contribution in [0, 0.1) is 17.6 Å². The first-order valence-corrected chi connectivity index (χ1v) is 9.28. The number of nitrogens with zero attached hydrogens (tertiary/aromatic N) is 1. The summed E-state index contributed by atoms with van der Waals surface area (Å²) < 4.78 is 37.0. The lowest BCUT2D eigenvalue weighted by molar-refractivity contribution is 0.0717. The van der Waals surface area contributed by atoms with Crippen LogP contribution in [0.3, 0.4) is 0 Å². The number of halogens is 2. The van der Waals surface area contributed by atoms with Crippen molar-refractivity contribution in [1.29, 1.82) is 0 Å². The third-order valence-electron chi connectivity index (χ3n) is 4.32. The van der Waals surface area contributed by atoms with Crippen molar-refractivity contribution in [2.45, 2.75) is 30.9 Å². The average molecular weight is 397 g/mol. The van der Waals surface area contributed by atoms with E-state index in [-0.39, 0.29) is 29.9 Å². The van der Waals surface area contributed by atoms with E-state index in [1.54, 1.807) is 17.8 Å². The average Bonchev–Trinajstić information content (AvgIpc) is 2.79. The molecule has 2 unspecified atom stereocenters. The van der Waals surface area contributed by atoms with Crippen LogP contribution in [0.15, 0.2) is 29.3 Å². The summed E-state index contributed by atoms with van der Waals surface area (Å²) in [6, 6.07) is 2.85. The van der Waals surface area contributed by atoms with E-state index in [9.17, 15) is 18.7 Å². The summed E-state index contributed by atoms with van der Waals surface area (Å²) in [5.74, 6) is -2.10. The maximum absolute atomic E-state index is 13.4. The summed E-state index contributed by atoms with van der Waals surface area (Å²) in [6.45, 7) is 4.01. The molecule has 0 saturated heterocycles. The molecule has 9 heteroatoms. The number of aryl methyl sites for hydroxylation is 1. The molecule has 27 heavy (non-hydrogen) atoms. The number of aliphatic hydroxyl groups is 1. The highest BCUT2D eigenvalue weighted by Gasteiger charge is 2.30. The highest BCUT2D eigenvalue weighted by molar-refractivity contribution is 7.97. The van der Waals surface area contributed by atoms with Crippen molar-refractivity contribution in [1.82, 2.24) is 9.29 Å². The maximum atomic E-state index is 13.4. The van der Waals surface area contributed by atoms with Gasteiger partial charge in [-0.3, -0.25) is 9.52 Å². The van der Waals surface area contributed by atoms with Gasteiger partial charge in [0.25, 0.3) is 5.91 Å². The van der Waals surface area contributed by atoms with Crippen molar-refractivity contribution in [3.8, 4) is 5.75 Å². The number of carbonyl (C=O) groups is 1. The van der Waals surface area contributed by atoms with E-state index in [4.69, 9.17) is 4.74 Å². The first-order chi connectivity index (χ1) is 12.8. The number of hydrogen-bond acceptors (Lipinski definition) is 5. The zero-order chi connectivity index (χ0) is 19.7. The third kappa shape index (κ3) is 4.10. The number of aliphatic hydroxyl groups excluding tert-OH is 1. The predicted octanol–water partition coefficient (Wildman–Crippen LogP) is 2.93. The van der Waals surface area contributed by atoms with Gasteiger partial charge in [-0.15, -0.1) is 0 Å². The van der Waals surface area contributed by atoms with E-state index in [1.165, 1.54) is 18.0 Å². The van der Waals surface area contributed by atoms with Gasteiger partial charge in [-0.25, -0.2) is 8.78 Å². The van der Waals surface area contributed by atoms with Crippen molar-refractivity contribution in [3.05, 3.63) is 41.7 Å². The topological polar surface area (TPSA) is 75.5 Å². The number of fused-ring (bicyclic) bond motifs is 1. The third-order valence-corrected chi connectivity index (χ3v) is 5.25. The number of amides is 1. The van der Waals surface area contributed by atoms with Crippen LogP contribution >= 0.6 is 11.9 Å². The molecule has 2 atom stereocenters. The number of carbonyl (C=O) groups excluding carboxylic acids is 1. The summed E-state index contributed by atoms with van der Waals surface area (Å²) >= 11 is 1.28. The SMILES string of the molecule is CC(C)C(O)C1COc2c(cn(C)c2C(=O)Nc2ccc(F)c(F)c2)SN1. The molecule has 2 heterocycles. The molecule has 1 aliphatic rings. The van der Waals surface area contributed by atoms with Crippen LogP contribution in [0.25, 0.3) is 0 Å². The van der Waals surface area contributed by atoms with Crippen molar-refractivity contribution in [3.63, 3.8) is 0 Å². The van der Waals surface area contributed by atoms with Crippen molar-refractivity contribution in [2.24, 2.45) is 13.0 Å². The van der Waals surface area contributed by atoms with E-state index in [1.807, 2.05) is 13.8 Å². The molecule has 0 fully saturated rings. The van der Waals surface area contributed by atoms with E-state index >= 15 is 0 Å². The number of ether oxygens (including phenoxy) is 1. The van der Waals surface area contributed by atoms with Gasteiger partial charge in [0.2, 0.25) is 0 Å². The lowest BCUT2D eigenvalue weighted by Gasteiger charge is -2.24. The molecule has 0 spiro atoms. The van der Waals surface area contributed by atoms with Crippen LogP contribution in [-0.2, 0) is 7.05 Å². The van der Waals surface area contributed by atoms with Crippen molar-refractivity contribution >= 4 is 23.5 Å². The Morgan fingerprint density at radius 2 is 2.15 bits per heavy atom. The largest absolute Gasteiger partial charge is 0.488 e. The van der Waals surface area contributed by atoms with Crippen molar-refractivity contribution in [2.75, 3.05) is 11.9 Å². The molecule has 0 bridgehead atoms. The monoisotopic (exact) mass is 397 g/mol. The second kappa shape index (κ2) is 7.87. The molecular formula is C18H21F2N3O3S. The predicted molar refractivity (Wildman–Crippen MR) is 98.8 cm³/mol. The second-order valence-electron chi connectivity index (χ2n) is 6.74. The van der Waals surface area contributed by atoms with Gasteiger partial charge in [-0.2, -0.15) is 0 Å². The van der Waals surface area contributed by atoms with Gasteiger partial charge in [0.15, 0.2) is 23.1 Å². The van der Waals surface area contributed by atoms with Gasteiger partial charge >= 0.3 is 0 Å². The van der Waals surface area contributed by atoms with Gasteiger partial charge in [0, 0.05) is 25.0 Å². The molecular weight excluding hydrogens is 376 g/mol. The van der Waals surface area contributed by atoms with E-state index < -0.39 is 23.6 Å². The number of hydrogen-bond donors (Lipinski definition) is 3. The minimum Gasteiger partial charge on any atom is -0.488 e. The Kier molecular flexibility index (Phi) is 5.73. The molecule has 3 N–H and O–H groups in total. The lowest BCUT2D eigenvalue weighted by atomic mass is 10.0. The van der Waals surface area contributed by atoms with Gasteiger partial charge in [0.05, 0.1) is 17.0 Å². The van der Waals surface area contributed by atoms with Crippen molar-refractivity contribution < 1.29 is 23.4 Å². The minimum absolute atomic E-state index is 0.0476. The van der Waals surface area contributed by atoms with Gasteiger partial charge in [-0.1, -0.05) is 13.8 Å². The molecule has 0 radical (unpaired) electrons. The first-order valence-electron chi connectivity index (χ1n) is 8.47. The summed E-state index contributed by atoms with van der Waals surface area (Å²) in [5, 5.41) is 12.8. The smallest absolute Gasteiger partial charge is 0.276 e. The van der Waals surface area contributed by atoms with Gasteiger partial charge in [0.1, 0.15) is 6.61 Å². The molecule has 3 rings (SSSR count). The standard InChI is InChI=1S/C18H21F2N3O3S/c1-9(2)16(24)13-8-26-17-14(27-22-13)7-23(3)15(17)18(25)21-10-4-5-11(19)12(20)6-10/h4-7,9,13,16,22,24H,8H2,1-3H3,(H,21,25). The second-order valence-corrected chi connectivity index (χ2v) is 7.62. The Hall–Kier alpha value is -2.10. The zero-order valence-electron chi connectivity index (χ0n) is 15.1. The molecule has 1 amide bonds. The quantitative estimate of drug-likeness (QED) is 0.692. The van der Waals surface area contributed by atoms with Crippen LogP contribution < -0.4 is 14.8 Å². The molecule has 6 nitrogen and oxygen atoms in total. The molecule has 1 aliphatic heterocycles. The first kappa shape index (κ1) is 19.7. The highest BCUT2D eigenvalue weighted by Crippen LogP contribution is 2.36. The van der Waals surface area contributed by atoms with Gasteiger partial charge < -0.3 is 19.7 Å². The fourth-order valence-electron chi connectivity index (χ4n) is 2.79. The van der Waals surface area contributed by atoms with Crippen LogP contribution in [0.1, 0.15) is 24.3 Å². The number of anilines is 1.